The molecule has 0 aliphatic heterocycles. The van der Waals surface area contributed by atoms with Crippen molar-refractivity contribution in [2.24, 2.45) is 5.73 Å². The number of aryl methyl sites for hydroxylation is 1. The molecule has 0 radical (unpaired) electrons. The Bertz CT molecular complexity index is 736. The first-order chi connectivity index (χ1) is 10.2. The third-order valence-electron chi connectivity index (χ3n) is 3.76. The van der Waals surface area contributed by atoms with Crippen LogP contribution in [-0.2, 0) is 19.5 Å². The third kappa shape index (κ3) is 3.00. The summed E-state index contributed by atoms with van der Waals surface area (Å²) in [6.07, 6.45) is 7.12. The van der Waals surface area contributed by atoms with E-state index in [-0.39, 0.29) is 6.04 Å². The fourth-order valence-corrected chi connectivity index (χ4v) is 2.74. The zero-order valence-electron chi connectivity index (χ0n) is 12.7. The minimum Gasteiger partial charge on any atom is -0.343 e. The molecule has 110 valence electrons. The van der Waals surface area contributed by atoms with Gasteiger partial charge < -0.3 is 10.3 Å². The van der Waals surface area contributed by atoms with Crippen LogP contribution in [-0.4, -0.2) is 20.4 Å². The van der Waals surface area contributed by atoms with E-state index in [1.165, 1.54) is 22.0 Å². The molecule has 4 heteroatoms. The molecule has 0 spiro atoms. The predicted molar refractivity (Wildman–Crippen MR) is 86.3 cm³/mol. The lowest BCUT2D eigenvalue weighted by atomic mass is 10.1. The van der Waals surface area contributed by atoms with Crippen LogP contribution in [0.4, 0.5) is 0 Å². The maximum atomic E-state index is 5.88. The number of nitrogens with zero attached hydrogens (tertiary/aromatic N) is 3. The molecule has 0 aliphatic carbocycles. The van der Waals surface area contributed by atoms with Crippen LogP contribution in [0.3, 0.4) is 0 Å². The quantitative estimate of drug-likeness (QED) is 0.782. The lowest BCUT2D eigenvalue weighted by Gasteiger charge is -2.07. The molecular weight excluding hydrogens is 260 g/mol. The lowest BCUT2D eigenvalue weighted by molar-refractivity contribution is 0.658. The molecule has 2 aromatic heterocycles. The first-order valence-electron chi connectivity index (χ1n) is 7.50. The van der Waals surface area contributed by atoms with Crippen molar-refractivity contribution in [2.45, 2.75) is 39.4 Å². The normalized spacial score (nSPS) is 12.9. The molecule has 0 saturated carbocycles. The van der Waals surface area contributed by atoms with E-state index in [4.69, 9.17) is 5.73 Å². The highest BCUT2D eigenvalue weighted by atomic mass is 15.3. The molecule has 21 heavy (non-hydrogen) atoms. The average Bonchev–Trinajstić information content (AvgIpc) is 3.06. The number of benzene rings is 1. The molecule has 0 amide bonds. The van der Waals surface area contributed by atoms with Gasteiger partial charge in [-0.15, -0.1) is 0 Å². The zero-order chi connectivity index (χ0) is 14.8. The van der Waals surface area contributed by atoms with Crippen LogP contribution in [0.2, 0.25) is 0 Å². The first kappa shape index (κ1) is 13.9. The summed E-state index contributed by atoms with van der Waals surface area (Å²) in [5.74, 6) is 0. The van der Waals surface area contributed by atoms with E-state index in [9.17, 15) is 0 Å². The van der Waals surface area contributed by atoms with Crippen LogP contribution in [0.1, 0.15) is 25.0 Å². The van der Waals surface area contributed by atoms with Gasteiger partial charge in [-0.05, 0) is 49.4 Å². The van der Waals surface area contributed by atoms with E-state index in [2.05, 4.69) is 53.2 Å². The molecule has 0 aliphatic rings. The number of rotatable bonds is 5. The topological polar surface area (TPSA) is 48.8 Å². The first-order valence-corrected chi connectivity index (χ1v) is 7.50. The summed E-state index contributed by atoms with van der Waals surface area (Å²) in [5.41, 5.74) is 9.66. The van der Waals surface area contributed by atoms with Crippen LogP contribution in [0.25, 0.3) is 10.9 Å². The summed E-state index contributed by atoms with van der Waals surface area (Å²) in [7, 11) is 0. The molecule has 3 rings (SSSR count). The van der Waals surface area contributed by atoms with Crippen molar-refractivity contribution in [3.8, 4) is 0 Å². The van der Waals surface area contributed by atoms with E-state index in [0.29, 0.717) is 0 Å². The second-order valence-electron chi connectivity index (χ2n) is 5.72. The maximum absolute atomic E-state index is 5.88. The van der Waals surface area contributed by atoms with E-state index in [1.54, 1.807) is 0 Å². The highest BCUT2D eigenvalue weighted by Gasteiger charge is 2.05. The van der Waals surface area contributed by atoms with Crippen LogP contribution in [0, 0.1) is 0 Å². The smallest absolute Gasteiger partial charge is 0.0539 e. The molecule has 0 saturated heterocycles. The number of hydrogen-bond acceptors (Lipinski definition) is 2. The Labute approximate surface area is 125 Å². The predicted octanol–water partition coefficient (Wildman–Crippen LogP) is 2.80. The molecule has 0 fully saturated rings. The number of nitrogens with two attached hydrogens (primary N) is 1. The van der Waals surface area contributed by atoms with Gasteiger partial charge in [-0.1, -0.05) is 6.07 Å². The second kappa shape index (κ2) is 5.74. The Kier molecular flexibility index (Phi) is 3.80. The molecule has 2 N–H and O–H groups in total. The lowest BCUT2D eigenvalue weighted by Crippen LogP contribution is -2.17. The summed E-state index contributed by atoms with van der Waals surface area (Å²) in [5, 5.41) is 5.61. The van der Waals surface area contributed by atoms with Gasteiger partial charge in [0.1, 0.15) is 0 Å². The van der Waals surface area contributed by atoms with Crippen molar-refractivity contribution in [2.75, 3.05) is 0 Å². The van der Waals surface area contributed by atoms with E-state index in [0.717, 1.165) is 19.5 Å². The summed E-state index contributed by atoms with van der Waals surface area (Å²) in [6.45, 7) is 5.91. The number of aromatic nitrogens is 3. The fourth-order valence-electron chi connectivity index (χ4n) is 2.74. The van der Waals surface area contributed by atoms with Gasteiger partial charge >= 0.3 is 0 Å². The van der Waals surface area contributed by atoms with Gasteiger partial charge in [0.05, 0.1) is 12.7 Å². The van der Waals surface area contributed by atoms with Gasteiger partial charge in [-0.25, -0.2) is 0 Å². The molecular formula is C17H22N4. The van der Waals surface area contributed by atoms with Gasteiger partial charge in [0.2, 0.25) is 0 Å². The van der Waals surface area contributed by atoms with Gasteiger partial charge in [-0.2, -0.15) is 5.10 Å². The molecule has 1 aromatic carbocycles. The Balaban J connectivity index is 1.86. The Morgan fingerprint density at radius 1 is 1.24 bits per heavy atom. The van der Waals surface area contributed by atoms with Crippen molar-refractivity contribution < 1.29 is 0 Å². The molecule has 2 heterocycles. The van der Waals surface area contributed by atoms with Gasteiger partial charge in [0.15, 0.2) is 0 Å². The van der Waals surface area contributed by atoms with Gasteiger partial charge in [0.25, 0.3) is 0 Å². The Morgan fingerprint density at radius 3 is 2.81 bits per heavy atom. The average molecular weight is 282 g/mol. The molecule has 1 unspecified atom stereocenters. The van der Waals surface area contributed by atoms with Gasteiger partial charge in [-0.3, -0.25) is 4.68 Å². The van der Waals surface area contributed by atoms with E-state index in [1.807, 2.05) is 17.8 Å². The third-order valence-corrected chi connectivity index (χ3v) is 3.76. The van der Waals surface area contributed by atoms with Crippen molar-refractivity contribution in [3.63, 3.8) is 0 Å². The molecule has 0 bridgehead atoms. The fraction of sp³-hybridized carbons (Fsp3) is 0.353. The molecule has 3 aromatic rings. The van der Waals surface area contributed by atoms with Gasteiger partial charge in [0, 0.05) is 36.1 Å². The van der Waals surface area contributed by atoms with Crippen molar-refractivity contribution in [3.05, 3.63) is 54.0 Å². The summed E-state index contributed by atoms with van der Waals surface area (Å²) in [4.78, 5) is 0. The zero-order valence-corrected chi connectivity index (χ0v) is 12.7. The summed E-state index contributed by atoms with van der Waals surface area (Å²) < 4.78 is 4.23. The summed E-state index contributed by atoms with van der Waals surface area (Å²) in [6, 6.07) is 8.98. The SMILES string of the molecule is CCn1cc(Cn2ccc3cc(CC(C)N)ccc32)cn1. The Hall–Kier alpha value is -2.07. The standard InChI is InChI=1S/C17H22N4/c1-3-21-12-15(10-19-21)11-20-7-6-16-9-14(8-13(2)18)4-5-17(16)20/h4-7,9-10,12-13H,3,8,11,18H2,1-2H3. The molecule has 4 nitrogen and oxygen atoms in total. The van der Waals surface area contributed by atoms with Crippen LogP contribution in [0.15, 0.2) is 42.9 Å². The van der Waals surface area contributed by atoms with Crippen LogP contribution < -0.4 is 5.73 Å². The highest BCUT2D eigenvalue weighted by Crippen LogP contribution is 2.19. The van der Waals surface area contributed by atoms with Crippen LogP contribution in [0.5, 0.6) is 0 Å². The Morgan fingerprint density at radius 2 is 2.10 bits per heavy atom. The maximum Gasteiger partial charge on any atom is 0.0539 e. The molecule has 1 atom stereocenters. The summed E-state index contributed by atoms with van der Waals surface area (Å²) >= 11 is 0. The second-order valence-corrected chi connectivity index (χ2v) is 5.72. The minimum atomic E-state index is 0.199. The number of hydrogen-bond donors (Lipinski definition) is 1. The van der Waals surface area contributed by atoms with E-state index < -0.39 is 0 Å². The number of fused-ring (bicyclic) bond motifs is 1. The van der Waals surface area contributed by atoms with Crippen molar-refractivity contribution >= 4 is 10.9 Å². The van der Waals surface area contributed by atoms with Crippen molar-refractivity contribution in [1.82, 2.24) is 14.3 Å². The van der Waals surface area contributed by atoms with Crippen LogP contribution >= 0.6 is 0 Å². The highest BCUT2D eigenvalue weighted by molar-refractivity contribution is 5.81. The van der Waals surface area contributed by atoms with E-state index >= 15 is 0 Å². The largest absolute Gasteiger partial charge is 0.343 e. The monoisotopic (exact) mass is 282 g/mol. The van der Waals surface area contributed by atoms with Crippen molar-refractivity contribution in [1.29, 1.82) is 0 Å². The minimum absolute atomic E-state index is 0.199.